The largest absolute Gasteiger partial charge is 0.494 e. The van der Waals surface area contributed by atoms with E-state index in [-0.39, 0.29) is 35.7 Å². The van der Waals surface area contributed by atoms with Crippen molar-refractivity contribution < 1.29 is 27.5 Å². The Morgan fingerprint density at radius 1 is 0.646 bits per heavy atom. The number of hydrogen-bond donors (Lipinski definition) is 4. The van der Waals surface area contributed by atoms with Gasteiger partial charge in [-0.05, 0) is 48.5 Å². The van der Waals surface area contributed by atoms with Gasteiger partial charge in [-0.1, -0.05) is 24.3 Å². The highest BCUT2D eigenvalue weighted by Gasteiger charge is 2.25. The number of nitrogens with zero attached hydrogens (tertiary/aromatic N) is 4. The number of hydrogen-bond acceptors (Lipinski definition) is 8. The zero-order valence-corrected chi connectivity index (χ0v) is 27.3. The summed E-state index contributed by atoms with van der Waals surface area (Å²) < 4.78 is 40.2. The third kappa shape index (κ3) is 5.49. The fourth-order valence-electron chi connectivity index (χ4n) is 5.85. The summed E-state index contributed by atoms with van der Waals surface area (Å²) in [4.78, 5) is 35.0. The van der Waals surface area contributed by atoms with Gasteiger partial charge in [-0.25, -0.2) is 28.7 Å². The van der Waals surface area contributed by atoms with Gasteiger partial charge < -0.3 is 30.1 Å². The lowest BCUT2D eigenvalue weighted by molar-refractivity contribution is 0.0989. The normalized spacial score (nSPS) is 12.7. The van der Waals surface area contributed by atoms with Gasteiger partial charge in [0.05, 0.1) is 46.2 Å². The molecule has 14 nitrogen and oxygen atoms in total. The van der Waals surface area contributed by atoms with Crippen molar-refractivity contribution >= 4 is 55.9 Å². The van der Waals surface area contributed by atoms with Crippen LogP contribution in [0.4, 0.5) is 0 Å². The van der Waals surface area contributed by atoms with E-state index >= 15 is 0 Å². The van der Waals surface area contributed by atoms with Crippen LogP contribution in [0.15, 0.2) is 82.6 Å². The van der Waals surface area contributed by atoms with Crippen LogP contribution in [-0.2, 0) is 35.1 Å². The van der Waals surface area contributed by atoms with E-state index in [2.05, 4.69) is 0 Å². The Hall–Kier alpha value is -5.42. The van der Waals surface area contributed by atoms with Gasteiger partial charge in [0.1, 0.15) is 44.7 Å². The van der Waals surface area contributed by atoms with Crippen LogP contribution in [0.2, 0.25) is 0 Å². The van der Waals surface area contributed by atoms with Crippen molar-refractivity contribution in [3.8, 4) is 34.3 Å². The molecule has 0 aliphatic carbocycles. The molecule has 48 heavy (non-hydrogen) atoms. The van der Waals surface area contributed by atoms with Crippen LogP contribution < -0.4 is 31.2 Å². The van der Waals surface area contributed by atoms with Crippen molar-refractivity contribution in [2.75, 3.05) is 14.2 Å². The van der Waals surface area contributed by atoms with E-state index in [4.69, 9.17) is 41.2 Å². The lowest BCUT2D eigenvalue weighted by atomic mass is 10.1. The summed E-state index contributed by atoms with van der Waals surface area (Å²) in [5.41, 5.74) is 14.5. The van der Waals surface area contributed by atoms with Gasteiger partial charge in [-0.15, -0.1) is 0 Å². The lowest BCUT2D eigenvalue weighted by Crippen LogP contribution is -2.14. The van der Waals surface area contributed by atoms with Crippen molar-refractivity contribution in [1.82, 2.24) is 19.1 Å². The fourth-order valence-corrected chi connectivity index (χ4v) is 7.03. The molecule has 0 saturated heterocycles. The first-order chi connectivity index (χ1) is 23.1. The molecule has 0 saturated carbocycles. The molecular weight excluding hydrogens is 657 g/mol. The van der Waals surface area contributed by atoms with Gasteiger partial charge in [0.2, 0.25) is 0 Å². The average molecular weight is 687 g/mol. The third-order valence-electron chi connectivity index (χ3n) is 7.92. The van der Waals surface area contributed by atoms with Crippen LogP contribution >= 0.6 is 0 Å². The zero-order chi connectivity index (χ0) is 34.3. The minimum atomic E-state index is -1.85. The monoisotopic (exact) mass is 686 g/mol. The number of amides is 2. The molecule has 2 aromatic heterocycles. The standard InChI is InChI=1S/C32H30N8O6S2/c1-45-27-19(29(33)41)11-13-21-25(27)37-31(17-7-3-5-9-23(17)47(35)43)39(21)15-16-40-22-14-12-20(30(34)42)28(46-2)26(22)38-32(40)18-8-4-6-10-24(18)48(36)44/h3-14H,15-16,35-36H2,1-2H3,(H2,33,41)(H2,34,42). The van der Waals surface area contributed by atoms with Gasteiger partial charge in [0.25, 0.3) is 11.8 Å². The second-order valence-electron chi connectivity index (χ2n) is 10.5. The molecule has 0 fully saturated rings. The first-order valence-corrected chi connectivity index (χ1v) is 16.7. The van der Waals surface area contributed by atoms with Crippen LogP contribution in [-0.4, -0.2) is 53.6 Å². The highest BCUT2D eigenvalue weighted by Crippen LogP contribution is 2.37. The van der Waals surface area contributed by atoms with Crippen molar-refractivity contribution in [2.24, 2.45) is 21.7 Å². The van der Waals surface area contributed by atoms with E-state index in [1.54, 1.807) is 72.8 Å². The lowest BCUT2D eigenvalue weighted by Gasteiger charge is -2.15. The number of methoxy groups -OCH3 is 2. The maximum absolute atomic E-state index is 12.6. The predicted molar refractivity (Wildman–Crippen MR) is 182 cm³/mol. The van der Waals surface area contributed by atoms with Gasteiger partial charge in [-0.3, -0.25) is 9.59 Å². The van der Waals surface area contributed by atoms with E-state index in [1.165, 1.54) is 14.2 Å². The summed E-state index contributed by atoms with van der Waals surface area (Å²) >= 11 is 0. The summed E-state index contributed by atoms with van der Waals surface area (Å²) in [5, 5.41) is 11.7. The molecule has 6 aromatic rings. The second kappa shape index (κ2) is 13.0. The molecule has 0 spiro atoms. The number of fused-ring (bicyclic) bond motifs is 2. The van der Waals surface area contributed by atoms with Crippen LogP contribution in [0, 0.1) is 0 Å². The number of carbonyl (C=O) groups is 2. The molecule has 2 unspecified atom stereocenters. The highest BCUT2D eigenvalue weighted by atomic mass is 32.2. The van der Waals surface area contributed by atoms with Crippen LogP contribution in [0.25, 0.3) is 44.8 Å². The Morgan fingerprint density at radius 3 is 1.35 bits per heavy atom. The van der Waals surface area contributed by atoms with Crippen LogP contribution in [0.3, 0.4) is 0 Å². The molecule has 2 heterocycles. The Labute approximate surface area is 278 Å². The van der Waals surface area contributed by atoms with Gasteiger partial charge in [0, 0.05) is 24.2 Å². The van der Waals surface area contributed by atoms with Gasteiger partial charge >= 0.3 is 0 Å². The van der Waals surface area contributed by atoms with Crippen LogP contribution in [0.5, 0.6) is 11.5 Å². The minimum absolute atomic E-state index is 0.142. The Balaban J connectivity index is 1.61. The number of aryl methyl sites for hydroxylation is 2. The maximum Gasteiger partial charge on any atom is 0.252 e. The summed E-state index contributed by atoms with van der Waals surface area (Å²) in [6, 6.07) is 20.3. The number of ether oxygens (including phenoxy) is 2. The topological polar surface area (TPSA) is 226 Å². The molecule has 4 aromatic carbocycles. The Bertz CT molecular complexity index is 2150. The first-order valence-electron chi connectivity index (χ1n) is 14.3. The number of aromatic nitrogens is 4. The quantitative estimate of drug-likeness (QED) is 0.158. The average Bonchev–Trinajstić information content (AvgIpc) is 3.64. The minimum Gasteiger partial charge on any atom is -0.494 e. The van der Waals surface area contributed by atoms with E-state index in [9.17, 15) is 18.0 Å². The number of primary amides is 2. The van der Waals surface area contributed by atoms with Crippen molar-refractivity contribution in [2.45, 2.75) is 22.9 Å². The van der Waals surface area contributed by atoms with Gasteiger partial charge in [0.15, 0.2) is 11.5 Å². The number of imidazole rings is 2. The Morgan fingerprint density at radius 2 is 1.02 bits per heavy atom. The summed E-state index contributed by atoms with van der Waals surface area (Å²) in [6.45, 7) is 0.478. The van der Waals surface area contributed by atoms with Crippen LogP contribution in [0.1, 0.15) is 20.7 Å². The zero-order valence-electron chi connectivity index (χ0n) is 25.7. The van der Waals surface area contributed by atoms with E-state index in [1.807, 2.05) is 9.13 Å². The molecule has 6 rings (SSSR count). The molecule has 2 atom stereocenters. The van der Waals surface area contributed by atoms with Gasteiger partial charge in [-0.2, -0.15) is 0 Å². The van der Waals surface area contributed by atoms with Crippen molar-refractivity contribution in [3.05, 3.63) is 83.9 Å². The Kier molecular flexibility index (Phi) is 8.81. The predicted octanol–water partition coefficient (Wildman–Crippen LogP) is 2.60. The SMILES string of the molecule is COc1c(C(N)=O)ccc2c1nc(-c1ccccc1S(N)=O)n2CCn1c(-c2ccccc2S(N)=O)nc2c(OC)c(C(N)=O)ccc21. The number of carbonyl (C=O) groups excluding carboxylic acids is 2. The van der Waals surface area contributed by atoms with Crippen molar-refractivity contribution in [3.63, 3.8) is 0 Å². The second-order valence-corrected chi connectivity index (χ2v) is 12.6. The molecule has 8 N–H and O–H groups in total. The molecule has 246 valence electrons. The number of benzene rings is 4. The maximum atomic E-state index is 12.6. The third-order valence-corrected chi connectivity index (χ3v) is 9.50. The highest BCUT2D eigenvalue weighted by molar-refractivity contribution is 7.83. The molecule has 16 heteroatoms. The van der Waals surface area contributed by atoms with E-state index in [0.29, 0.717) is 54.6 Å². The molecule has 0 aliphatic rings. The molecule has 0 aliphatic heterocycles. The first kappa shape index (κ1) is 32.5. The smallest absolute Gasteiger partial charge is 0.252 e. The number of rotatable bonds is 11. The molecular formula is C32H30N8O6S2. The molecule has 0 radical (unpaired) electrons. The van der Waals surface area contributed by atoms with E-state index in [0.717, 1.165) is 0 Å². The van der Waals surface area contributed by atoms with E-state index < -0.39 is 33.8 Å². The summed E-state index contributed by atoms with van der Waals surface area (Å²) in [7, 11) is -0.876. The molecule has 2 amide bonds. The summed E-state index contributed by atoms with van der Waals surface area (Å²) in [5.74, 6) is -0.206. The summed E-state index contributed by atoms with van der Waals surface area (Å²) in [6.07, 6.45) is 0. The van der Waals surface area contributed by atoms with Crippen molar-refractivity contribution in [1.29, 1.82) is 0 Å². The molecule has 0 bridgehead atoms. The number of nitrogens with two attached hydrogens (primary N) is 4. The fraction of sp³-hybridized carbons (Fsp3) is 0.125.